The smallest absolute Gasteiger partial charge is 0.317 e. The number of hydrogen-bond donors (Lipinski definition) is 1. The number of rotatable bonds is 3. The standard InChI is InChI=1S/C18H30N4O/c1-14(16-8-6-7-9-19-16)21-10-12-22(13-11-21)17(23)20-15(2)18(3,4)5/h6-9,14-15H,10-13H2,1-5H3,(H,20,23)/t14-,15+/m0/s1. The minimum absolute atomic E-state index is 0.0533. The summed E-state index contributed by atoms with van der Waals surface area (Å²) in [5.41, 5.74) is 1.16. The van der Waals surface area contributed by atoms with E-state index in [1.807, 2.05) is 23.2 Å². The summed E-state index contributed by atoms with van der Waals surface area (Å²) in [6.07, 6.45) is 1.84. The van der Waals surface area contributed by atoms with Crippen molar-refractivity contribution in [1.82, 2.24) is 20.1 Å². The molecule has 5 nitrogen and oxygen atoms in total. The number of pyridine rings is 1. The van der Waals surface area contributed by atoms with Gasteiger partial charge >= 0.3 is 6.03 Å². The zero-order valence-electron chi connectivity index (χ0n) is 15.0. The monoisotopic (exact) mass is 318 g/mol. The van der Waals surface area contributed by atoms with E-state index in [-0.39, 0.29) is 23.5 Å². The maximum absolute atomic E-state index is 12.4. The Hall–Kier alpha value is -1.62. The van der Waals surface area contributed by atoms with Gasteiger partial charge < -0.3 is 10.2 Å². The van der Waals surface area contributed by atoms with Crippen LogP contribution in [0, 0.1) is 5.41 Å². The van der Waals surface area contributed by atoms with Crippen molar-refractivity contribution in [1.29, 1.82) is 0 Å². The second kappa shape index (κ2) is 7.30. The number of hydrogen-bond acceptors (Lipinski definition) is 3. The molecule has 1 aromatic rings. The van der Waals surface area contributed by atoms with Crippen molar-refractivity contribution in [2.45, 2.75) is 46.7 Å². The van der Waals surface area contributed by atoms with Gasteiger partial charge in [-0.2, -0.15) is 0 Å². The van der Waals surface area contributed by atoms with Crippen LogP contribution in [0.25, 0.3) is 0 Å². The molecule has 1 saturated heterocycles. The van der Waals surface area contributed by atoms with Gasteiger partial charge in [0.2, 0.25) is 0 Å². The quantitative estimate of drug-likeness (QED) is 0.932. The average molecular weight is 318 g/mol. The summed E-state index contributed by atoms with van der Waals surface area (Å²) in [6.45, 7) is 14.0. The lowest BCUT2D eigenvalue weighted by atomic mass is 9.88. The number of carbonyl (C=O) groups is 1. The van der Waals surface area contributed by atoms with E-state index < -0.39 is 0 Å². The lowest BCUT2D eigenvalue weighted by Gasteiger charge is -2.39. The maximum atomic E-state index is 12.4. The van der Waals surface area contributed by atoms with Crippen molar-refractivity contribution in [2.75, 3.05) is 26.2 Å². The fourth-order valence-electron chi connectivity index (χ4n) is 2.62. The predicted octanol–water partition coefficient (Wildman–Crippen LogP) is 2.90. The lowest BCUT2D eigenvalue weighted by Crippen LogP contribution is -2.55. The van der Waals surface area contributed by atoms with Crippen molar-refractivity contribution in [3.8, 4) is 0 Å². The third-order valence-electron chi connectivity index (χ3n) is 4.90. The van der Waals surface area contributed by atoms with Gasteiger partial charge in [-0.3, -0.25) is 9.88 Å². The van der Waals surface area contributed by atoms with Crippen LogP contribution in [0.3, 0.4) is 0 Å². The molecule has 1 aliphatic heterocycles. The second-order valence-electron chi connectivity index (χ2n) is 7.49. The molecule has 0 spiro atoms. The van der Waals surface area contributed by atoms with E-state index in [9.17, 15) is 4.79 Å². The molecule has 2 amide bonds. The van der Waals surface area contributed by atoms with Crippen LogP contribution in [0.2, 0.25) is 0 Å². The molecule has 0 bridgehead atoms. The van der Waals surface area contributed by atoms with Crippen molar-refractivity contribution < 1.29 is 4.79 Å². The zero-order chi connectivity index (χ0) is 17.0. The number of nitrogens with one attached hydrogen (secondary N) is 1. The van der Waals surface area contributed by atoms with Crippen molar-refractivity contribution in [3.05, 3.63) is 30.1 Å². The molecule has 1 aliphatic rings. The van der Waals surface area contributed by atoms with E-state index in [0.29, 0.717) is 0 Å². The molecule has 0 unspecified atom stereocenters. The van der Waals surface area contributed by atoms with Crippen molar-refractivity contribution in [2.24, 2.45) is 5.41 Å². The summed E-state index contributed by atoms with van der Waals surface area (Å²) < 4.78 is 0. The highest BCUT2D eigenvalue weighted by Crippen LogP contribution is 2.21. The Morgan fingerprint density at radius 1 is 1.17 bits per heavy atom. The summed E-state index contributed by atoms with van der Waals surface area (Å²) in [5, 5.41) is 3.12. The predicted molar refractivity (Wildman–Crippen MR) is 93.2 cm³/mol. The average Bonchev–Trinajstić information content (AvgIpc) is 2.54. The first-order chi connectivity index (χ1) is 10.8. The minimum atomic E-state index is 0.0533. The van der Waals surface area contributed by atoms with Gasteiger partial charge in [-0.15, -0.1) is 0 Å². The molecule has 23 heavy (non-hydrogen) atoms. The Morgan fingerprint density at radius 2 is 1.83 bits per heavy atom. The van der Waals surface area contributed by atoms with Gasteiger partial charge in [-0.05, 0) is 31.4 Å². The first-order valence-electron chi connectivity index (χ1n) is 8.49. The van der Waals surface area contributed by atoms with Gasteiger partial charge in [-0.25, -0.2) is 4.79 Å². The first-order valence-corrected chi connectivity index (χ1v) is 8.49. The first kappa shape index (κ1) is 17.7. The van der Waals surface area contributed by atoms with Crippen LogP contribution in [0.4, 0.5) is 4.79 Å². The summed E-state index contributed by atoms with van der Waals surface area (Å²) >= 11 is 0. The molecule has 1 aromatic heterocycles. The maximum Gasteiger partial charge on any atom is 0.317 e. The van der Waals surface area contributed by atoms with E-state index in [0.717, 1.165) is 31.9 Å². The Balaban J connectivity index is 1.85. The van der Waals surface area contributed by atoms with E-state index in [1.54, 1.807) is 0 Å². The number of nitrogens with zero attached hydrogens (tertiary/aromatic N) is 3. The van der Waals surface area contributed by atoms with Gasteiger partial charge in [0.1, 0.15) is 0 Å². The third-order valence-corrected chi connectivity index (χ3v) is 4.90. The van der Waals surface area contributed by atoms with Crippen LogP contribution in [0.15, 0.2) is 24.4 Å². The van der Waals surface area contributed by atoms with E-state index in [2.05, 4.69) is 55.9 Å². The van der Waals surface area contributed by atoms with Gasteiger partial charge in [0.15, 0.2) is 0 Å². The zero-order valence-corrected chi connectivity index (χ0v) is 15.0. The molecule has 0 saturated carbocycles. The van der Waals surface area contributed by atoms with Crippen LogP contribution in [0.5, 0.6) is 0 Å². The fourth-order valence-corrected chi connectivity index (χ4v) is 2.62. The van der Waals surface area contributed by atoms with Gasteiger partial charge in [0.25, 0.3) is 0 Å². The Morgan fingerprint density at radius 3 is 2.35 bits per heavy atom. The van der Waals surface area contributed by atoms with Gasteiger partial charge in [0.05, 0.1) is 5.69 Å². The fraction of sp³-hybridized carbons (Fsp3) is 0.667. The second-order valence-corrected chi connectivity index (χ2v) is 7.49. The molecule has 1 fully saturated rings. The Kier molecular flexibility index (Phi) is 5.63. The Labute approximate surface area is 140 Å². The SMILES string of the molecule is C[C@@H](c1ccccn1)N1CCN(C(=O)N[C@H](C)C(C)(C)C)CC1. The van der Waals surface area contributed by atoms with Gasteiger partial charge in [0, 0.05) is 44.5 Å². The highest BCUT2D eigenvalue weighted by molar-refractivity contribution is 5.74. The topological polar surface area (TPSA) is 48.5 Å². The van der Waals surface area contributed by atoms with Crippen LogP contribution in [-0.2, 0) is 0 Å². The van der Waals surface area contributed by atoms with Crippen molar-refractivity contribution in [3.63, 3.8) is 0 Å². The van der Waals surface area contributed by atoms with E-state index in [1.165, 1.54) is 0 Å². The van der Waals surface area contributed by atoms with Crippen LogP contribution < -0.4 is 5.32 Å². The molecule has 128 valence electrons. The summed E-state index contributed by atoms with van der Waals surface area (Å²) in [5.74, 6) is 0. The molecule has 2 heterocycles. The molecule has 5 heteroatoms. The van der Waals surface area contributed by atoms with E-state index in [4.69, 9.17) is 0 Å². The molecule has 0 radical (unpaired) electrons. The third kappa shape index (κ3) is 4.67. The molecular formula is C18H30N4O. The number of amides is 2. The summed E-state index contributed by atoms with van der Waals surface area (Å²) in [7, 11) is 0. The minimum Gasteiger partial charge on any atom is -0.335 e. The number of piperazine rings is 1. The molecule has 0 aromatic carbocycles. The van der Waals surface area contributed by atoms with Crippen LogP contribution in [0.1, 0.15) is 46.4 Å². The normalized spacial score (nSPS) is 19.3. The van der Waals surface area contributed by atoms with Gasteiger partial charge in [-0.1, -0.05) is 26.8 Å². The Bertz CT molecular complexity index is 504. The number of urea groups is 1. The number of aromatic nitrogens is 1. The molecular weight excluding hydrogens is 288 g/mol. The largest absolute Gasteiger partial charge is 0.335 e. The van der Waals surface area contributed by atoms with E-state index >= 15 is 0 Å². The lowest BCUT2D eigenvalue weighted by molar-refractivity contribution is 0.108. The molecule has 2 atom stereocenters. The highest BCUT2D eigenvalue weighted by atomic mass is 16.2. The highest BCUT2D eigenvalue weighted by Gasteiger charge is 2.28. The van der Waals surface area contributed by atoms with Crippen molar-refractivity contribution >= 4 is 6.03 Å². The summed E-state index contributed by atoms with van der Waals surface area (Å²) in [6, 6.07) is 6.52. The van der Waals surface area contributed by atoms with Crippen LogP contribution in [-0.4, -0.2) is 53.0 Å². The molecule has 1 N–H and O–H groups in total. The molecule has 2 rings (SSSR count). The van der Waals surface area contributed by atoms with Crippen LogP contribution >= 0.6 is 0 Å². The number of carbonyl (C=O) groups excluding carboxylic acids is 1. The molecule has 0 aliphatic carbocycles. The summed E-state index contributed by atoms with van der Waals surface area (Å²) in [4.78, 5) is 21.1.